The second kappa shape index (κ2) is 5.67. The number of benzene rings is 2. The summed E-state index contributed by atoms with van der Waals surface area (Å²) in [6.07, 6.45) is 9.26. The van der Waals surface area contributed by atoms with Gasteiger partial charge in [0.05, 0.1) is 35.7 Å². The summed E-state index contributed by atoms with van der Waals surface area (Å²) in [4.78, 5) is 9.22. The van der Waals surface area contributed by atoms with Crippen LogP contribution < -0.4 is 0 Å². The van der Waals surface area contributed by atoms with Gasteiger partial charge in [0.15, 0.2) is 0 Å². The Balaban J connectivity index is 2.06. The third-order valence-corrected chi connectivity index (χ3v) is 4.55. The molecule has 1 aromatic heterocycles. The van der Waals surface area contributed by atoms with Gasteiger partial charge < -0.3 is 4.57 Å². The van der Waals surface area contributed by atoms with Crippen molar-refractivity contribution in [2.24, 2.45) is 4.99 Å². The van der Waals surface area contributed by atoms with Crippen molar-refractivity contribution in [1.82, 2.24) is 9.55 Å². The summed E-state index contributed by atoms with van der Waals surface area (Å²) in [5.74, 6) is 2.70. The SMILES string of the molecule is C#Cc1ccc2c(c1)C(c1ccccc1Cl)=N[C@H](C)c1cncn1-2. The van der Waals surface area contributed by atoms with Crippen LogP contribution >= 0.6 is 11.6 Å². The highest BCUT2D eigenvalue weighted by molar-refractivity contribution is 6.35. The number of aliphatic imine (C=N–C) groups is 1. The van der Waals surface area contributed by atoms with Crippen molar-refractivity contribution in [3.63, 3.8) is 0 Å². The van der Waals surface area contributed by atoms with E-state index in [-0.39, 0.29) is 6.04 Å². The smallest absolute Gasteiger partial charge is 0.0995 e. The maximum absolute atomic E-state index is 6.44. The molecule has 1 atom stereocenters. The van der Waals surface area contributed by atoms with E-state index >= 15 is 0 Å². The Morgan fingerprint density at radius 3 is 2.79 bits per heavy atom. The third-order valence-electron chi connectivity index (χ3n) is 4.22. The molecule has 1 aliphatic heterocycles. The van der Waals surface area contributed by atoms with Crippen LogP contribution in [0.25, 0.3) is 5.69 Å². The van der Waals surface area contributed by atoms with Crippen molar-refractivity contribution in [2.75, 3.05) is 0 Å². The van der Waals surface area contributed by atoms with Crippen molar-refractivity contribution in [2.45, 2.75) is 13.0 Å². The van der Waals surface area contributed by atoms with Crippen LogP contribution in [-0.2, 0) is 0 Å². The lowest BCUT2D eigenvalue weighted by Gasteiger charge is -2.13. The molecule has 0 saturated heterocycles. The monoisotopic (exact) mass is 331 g/mol. The first-order valence-corrected chi connectivity index (χ1v) is 8.03. The number of imidazole rings is 1. The van der Waals surface area contributed by atoms with Crippen LogP contribution in [0.2, 0.25) is 5.02 Å². The normalized spacial score (nSPS) is 15.7. The molecule has 0 unspecified atom stereocenters. The van der Waals surface area contributed by atoms with Gasteiger partial charge in [-0.2, -0.15) is 0 Å². The number of fused-ring (bicyclic) bond motifs is 3. The number of halogens is 1. The summed E-state index contributed by atoms with van der Waals surface area (Å²) >= 11 is 6.44. The molecule has 2 heterocycles. The van der Waals surface area contributed by atoms with Crippen LogP contribution in [0.5, 0.6) is 0 Å². The highest BCUT2D eigenvalue weighted by Gasteiger charge is 2.23. The van der Waals surface area contributed by atoms with Crippen molar-refractivity contribution in [3.8, 4) is 18.0 Å². The van der Waals surface area contributed by atoms with Crippen molar-refractivity contribution in [3.05, 3.63) is 82.4 Å². The molecule has 116 valence electrons. The maximum atomic E-state index is 6.44. The maximum Gasteiger partial charge on any atom is 0.0995 e. The van der Waals surface area contributed by atoms with E-state index in [2.05, 4.69) is 22.4 Å². The van der Waals surface area contributed by atoms with E-state index in [1.54, 1.807) is 0 Å². The second-order valence-corrected chi connectivity index (χ2v) is 6.11. The van der Waals surface area contributed by atoms with Crippen LogP contribution in [0.1, 0.15) is 35.3 Å². The molecule has 0 fully saturated rings. The minimum Gasteiger partial charge on any atom is -0.300 e. The highest BCUT2D eigenvalue weighted by atomic mass is 35.5. The molecule has 0 amide bonds. The van der Waals surface area contributed by atoms with E-state index < -0.39 is 0 Å². The van der Waals surface area contributed by atoms with Crippen LogP contribution in [0, 0.1) is 12.3 Å². The van der Waals surface area contributed by atoms with E-state index in [1.807, 2.05) is 55.0 Å². The molecule has 24 heavy (non-hydrogen) atoms. The van der Waals surface area contributed by atoms with Gasteiger partial charge in [0, 0.05) is 21.7 Å². The molecule has 3 aromatic rings. The van der Waals surface area contributed by atoms with E-state index in [0.717, 1.165) is 33.8 Å². The zero-order chi connectivity index (χ0) is 16.7. The lowest BCUT2D eigenvalue weighted by atomic mass is 9.98. The average Bonchev–Trinajstić information content (AvgIpc) is 3.05. The third kappa shape index (κ3) is 2.24. The number of rotatable bonds is 1. The Morgan fingerprint density at radius 2 is 2.00 bits per heavy atom. The van der Waals surface area contributed by atoms with Crippen LogP contribution in [0.3, 0.4) is 0 Å². The predicted octanol–water partition coefficient (Wildman–Crippen LogP) is 4.42. The van der Waals surface area contributed by atoms with Gasteiger partial charge >= 0.3 is 0 Å². The fourth-order valence-electron chi connectivity index (χ4n) is 3.04. The molecule has 3 nitrogen and oxygen atoms in total. The van der Waals surface area contributed by atoms with Crippen LogP contribution in [0.4, 0.5) is 0 Å². The number of nitrogens with zero attached hydrogens (tertiary/aromatic N) is 3. The standard InChI is InChI=1S/C20H14ClN3/c1-3-14-8-9-18-16(10-14)20(15-6-4-5-7-17(15)21)23-13(2)19-11-22-12-24(18)19/h1,4-13H,2H3/t13-/m1/s1. The van der Waals surface area contributed by atoms with Crippen LogP contribution in [0.15, 0.2) is 60.0 Å². The molecule has 0 radical (unpaired) electrons. The molecule has 0 bridgehead atoms. The van der Waals surface area contributed by atoms with Gasteiger partial charge in [-0.15, -0.1) is 6.42 Å². The first kappa shape index (κ1) is 14.7. The fourth-order valence-corrected chi connectivity index (χ4v) is 3.26. The summed E-state index contributed by atoms with van der Waals surface area (Å²) in [5, 5.41) is 0.671. The molecule has 0 spiro atoms. The van der Waals surface area contributed by atoms with Gasteiger partial charge in [-0.25, -0.2) is 4.98 Å². The van der Waals surface area contributed by atoms with Crippen molar-refractivity contribution < 1.29 is 0 Å². The largest absolute Gasteiger partial charge is 0.300 e. The second-order valence-electron chi connectivity index (χ2n) is 5.70. The van der Waals surface area contributed by atoms with Gasteiger partial charge in [0.25, 0.3) is 0 Å². The zero-order valence-electron chi connectivity index (χ0n) is 13.1. The minimum absolute atomic E-state index is 0.0412. The molecule has 0 aliphatic carbocycles. The molecule has 2 aromatic carbocycles. The van der Waals surface area contributed by atoms with E-state index in [9.17, 15) is 0 Å². The Bertz CT molecular complexity index is 1010. The van der Waals surface area contributed by atoms with E-state index in [1.165, 1.54) is 0 Å². The predicted molar refractivity (Wildman–Crippen MR) is 97.0 cm³/mol. The topological polar surface area (TPSA) is 30.2 Å². The Kier molecular flexibility index (Phi) is 3.48. The van der Waals surface area contributed by atoms with Gasteiger partial charge in [0.2, 0.25) is 0 Å². The van der Waals surface area contributed by atoms with Crippen molar-refractivity contribution >= 4 is 17.3 Å². The summed E-state index contributed by atoms with van der Waals surface area (Å²) < 4.78 is 2.06. The molecular weight excluding hydrogens is 318 g/mol. The molecule has 4 heteroatoms. The number of hydrogen-bond donors (Lipinski definition) is 0. The lowest BCUT2D eigenvalue weighted by Crippen LogP contribution is -2.08. The Labute approximate surface area is 145 Å². The van der Waals surface area contributed by atoms with Gasteiger partial charge in [-0.3, -0.25) is 4.99 Å². The van der Waals surface area contributed by atoms with E-state index in [0.29, 0.717) is 5.02 Å². The number of aromatic nitrogens is 2. The van der Waals surface area contributed by atoms with Gasteiger partial charge in [-0.05, 0) is 31.2 Å². The first-order chi connectivity index (χ1) is 11.7. The minimum atomic E-state index is -0.0412. The summed E-state index contributed by atoms with van der Waals surface area (Å²) in [6.45, 7) is 2.05. The fraction of sp³-hybridized carbons (Fsp3) is 0.100. The Morgan fingerprint density at radius 1 is 1.17 bits per heavy atom. The lowest BCUT2D eigenvalue weighted by molar-refractivity contribution is 0.763. The van der Waals surface area contributed by atoms with Gasteiger partial charge in [-0.1, -0.05) is 35.7 Å². The number of terminal acetylenes is 1. The Hall–Kier alpha value is -2.83. The van der Waals surface area contributed by atoms with Crippen LogP contribution in [-0.4, -0.2) is 15.3 Å². The van der Waals surface area contributed by atoms with Gasteiger partial charge in [0.1, 0.15) is 0 Å². The number of hydrogen-bond acceptors (Lipinski definition) is 2. The highest BCUT2D eigenvalue weighted by Crippen LogP contribution is 2.32. The molecule has 4 rings (SSSR count). The average molecular weight is 332 g/mol. The summed E-state index contributed by atoms with van der Waals surface area (Å²) in [7, 11) is 0. The molecular formula is C20H14ClN3. The quantitative estimate of drug-likeness (QED) is 0.607. The summed E-state index contributed by atoms with van der Waals surface area (Å²) in [5.41, 5.74) is 5.56. The summed E-state index contributed by atoms with van der Waals surface area (Å²) in [6, 6.07) is 13.6. The molecule has 1 aliphatic rings. The van der Waals surface area contributed by atoms with E-state index in [4.69, 9.17) is 23.0 Å². The molecule has 0 N–H and O–H groups in total. The molecule has 0 saturated carbocycles. The first-order valence-electron chi connectivity index (χ1n) is 7.65. The van der Waals surface area contributed by atoms with Crippen molar-refractivity contribution in [1.29, 1.82) is 0 Å². The zero-order valence-corrected chi connectivity index (χ0v) is 13.8.